The maximum atomic E-state index is 11.2. The molecule has 4 saturated carbocycles. The van der Waals surface area contributed by atoms with Crippen molar-refractivity contribution in [1.29, 1.82) is 0 Å². The fourth-order valence-corrected chi connectivity index (χ4v) is 5.10. The highest BCUT2D eigenvalue weighted by molar-refractivity contribution is 5.95. The summed E-state index contributed by atoms with van der Waals surface area (Å²) in [5, 5.41) is 4.08. The monoisotopic (exact) mass is 261 g/mol. The Bertz CT molecular complexity index is 509. The van der Waals surface area contributed by atoms with E-state index >= 15 is 0 Å². The van der Waals surface area contributed by atoms with Crippen LogP contribution >= 0.6 is 0 Å². The Hall–Kier alpha value is -1.52. The van der Waals surface area contributed by atoms with Crippen LogP contribution in [0.2, 0.25) is 0 Å². The van der Waals surface area contributed by atoms with Crippen molar-refractivity contribution >= 4 is 11.6 Å². The molecule has 5 rings (SSSR count). The third-order valence-corrected chi connectivity index (χ3v) is 5.52. The van der Waals surface area contributed by atoms with Crippen LogP contribution in [0, 0.1) is 23.7 Å². The smallest absolute Gasteiger partial charge is 0.289 e. The predicted molar refractivity (Wildman–Crippen MR) is 69.2 cm³/mol. The molecule has 4 bridgehead atoms. The molecule has 4 N–H and O–H groups in total. The molecule has 1 aromatic rings. The molecule has 0 aromatic carbocycles. The lowest BCUT2D eigenvalue weighted by molar-refractivity contribution is -0.00484. The molecule has 4 fully saturated rings. The highest BCUT2D eigenvalue weighted by Crippen LogP contribution is 2.60. The molecule has 4 aliphatic carbocycles. The molecule has 19 heavy (non-hydrogen) atoms. The number of nitrogens with zero attached hydrogens (tertiary/aromatic N) is 1. The van der Waals surface area contributed by atoms with Crippen molar-refractivity contribution in [3.8, 4) is 0 Å². The van der Waals surface area contributed by atoms with Crippen LogP contribution in [0.15, 0.2) is 4.52 Å². The zero-order chi connectivity index (χ0) is 13.1. The van der Waals surface area contributed by atoms with E-state index in [0.29, 0.717) is 23.4 Å². The van der Waals surface area contributed by atoms with Crippen molar-refractivity contribution in [3.05, 3.63) is 11.5 Å². The topological polar surface area (TPSA) is 95.1 Å². The molecule has 1 heterocycles. The molecule has 0 spiro atoms. The molecule has 1 amide bonds. The largest absolute Gasteiger partial charge is 0.394 e. The van der Waals surface area contributed by atoms with Gasteiger partial charge in [-0.1, -0.05) is 5.16 Å². The lowest BCUT2D eigenvalue weighted by atomic mass is 9.51. The highest BCUT2D eigenvalue weighted by atomic mass is 16.5. The van der Waals surface area contributed by atoms with E-state index in [-0.39, 0.29) is 5.76 Å². The van der Waals surface area contributed by atoms with Crippen molar-refractivity contribution in [3.63, 3.8) is 0 Å². The van der Waals surface area contributed by atoms with Gasteiger partial charge in [0.25, 0.3) is 5.91 Å². The van der Waals surface area contributed by atoms with Crippen LogP contribution in [-0.4, -0.2) is 11.1 Å². The summed E-state index contributed by atoms with van der Waals surface area (Å²) in [6.45, 7) is 0. The van der Waals surface area contributed by atoms with Crippen molar-refractivity contribution in [2.45, 2.75) is 38.0 Å². The average Bonchev–Trinajstić information content (AvgIpc) is 2.70. The molecule has 5 heteroatoms. The van der Waals surface area contributed by atoms with Gasteiger partial charge in [-0.2, -0.15) is 0 Å². The Morgan fingerprint density at radius 1 is 1.11 bits per heavy atom. The van der Waals surface area contributed by atoms with E-state index in [0.717, 1.165) is 17.5 Å². The Morgan fingerprint density at radius 2 is 1.68 bits per heavy atom. The van der Waals surface area contributed by atoms with Gasteiger partial charge in [0, 0.05) is 5.92 Å². The standard InChI is InChI=1S/C14H19N3O2/c15-11-12(17-19-13(11)14(16)18)10-8-2-6-1-7(4-8)5-9(10)3-6/h6-10H,1-5,15H2,(H2,16,18). The van der Waals surface area contributed by atoms with Gasteiger partial charge >= 0.3 is 0 Å². The summed E-state index contributed by atoms with van der Waals surface area (Å²) in [7, 11) is 0. The summed E-state index contributed by atoms with van der Waals surface area (Å²) in [4.78, 5) is 11.2. The summed E-state index contributed by atoms with van der Waals surface area (Å²) in [5.41, 5.74) is 12.5. The zero-order valence-electron chi connectivity index (χ0n) is 10.8. The number of carbonyl (C=O) groups excluding carboxylic acids is 1. The van der Waals surface area contributed by atoms with E-state index in [1.54, 1.807) is 0 Å². The van der Waals surface area contributed by atoms with E-state index in [4.69, 9.17) is 16.0 Å². The Labute approximate surface area is 111 Å². The van der Waals surface area contributed by atoms with Gasteiger partial charge in [0.2, 0.25) is 5.76 Å². The predicted octanol–water partition coefficient (Wildman–Crippen LogP) is 1.90. The number of amides is 1. The van der Waals surface area contributed by atoms with Gasteiger partial charge < -0.3 is 16.0 Å². The number of hydrogen-bond donors (Lipinski definition) is 2. The first-order chi connectivity index (χ1) is 9.13. The first kappa shape index (κ1) is 11.3. The second-order valence-electron chi connectivity index (χ2n) is 6.63. The van der Waals surface area contributed by atoms with Crippen molar-refractivity contribution in [2.75, 3.05) is 5.73 Å². The lowest BCUT2D eigenvalue weighted by Crippen LogP contribution is -2.44. The van der Waals surface area contributed by atoms with Crippen LogP contribution in [0.5, 0.6) is 0 Å². The van der Waals surface area contributed by atoms with Crippen LogP contribution in [0.1, 0.15) is 54.3 Å². The second kappa shape index (κ2) is 3.74. The van der Waals surface area contributed by atoms with Crippen LogP contribution in [0.4, 0.5) is 5.69 Å². The van der Waals surface area contributed by atoms with Gasteiger partial charge in [0.05, 0.1) is 0 Å². The molecular formula is C14H19N3O2. The number of nitrogens with two attached hydrogens (primary N) is 2. The first-order valence-corrected chi connectivity index (χ1v) is 7.18. The fourth-order valence-electron chi connectivity index (χ4n) is 5.10. The van der Waals surface area contributed by atoms with E-state index in [2.05, 4.69) is 5.16 Å². The molecule has 5 nitrogen and oxygen atoms in total. The Morgan fingerprint density at radius 3 is 2.16 bits per heavy atom. The molecular weight excluding hydrogens is 242 g/mol. The van der Waals surface area contributed by atoms with Crippen molar-refractivity contribution in [2.24, 2.45) is 29.4 Å². The van der Waals surface area contributed by atoms with E-state index in [1.165, 1.54) is 32.1 Å². The SMILES string of the molecule is NC(=O)c1onc(C2C3CC4CC(C3)CC2C4)c1N. The van der Waals surface area contributed by atoms with Gasteiger partial charge in [-0.3, -0.25) is 4.79 Å². The minimum atomic E-state index is -0.625. The summed E-state index contributed by atoms with van der Waals surface area (Å²) in [6, 6.07) is 0. The normalized spacial score (nSPS) is 39.7. The van der Waals surface area contributed by atoms with Crippen LogP contribution in [-0.2, 0) is 0 Å². The van der Waals surface area contributed by atoms with E-state index < -0.39 is 5.91 Å². The number of nitrogen functional groups attached to an aromatic ring is 1. The van der Waals surface area contributed by atoms with Crippen molar-refractivity contribution in [1.82, 2.24) is 5.16 Å². The van der Waals surface area contributed by atoms with E-state index in [9.17, 15) is 4.79 Å². The third kappa shape index (κ3) is 1.53. The summed E-state index contributed by atoms with van der Waals surface area (Å²) in [5.74, 6) is 2.94. The summed E-state index contributed by atoms with van der Waals surface area (Å²) >= 11 is 0. The van der Waals surface area contributed by atoms with Gasteiger partial charge in [-0.05, 0) is 55.8 Å². The number of aromatic nitrogens is 1. The Kier molecular flexibility index (Phi) is 2.23. The van der Waals surface area contributed by atoms with Gasteiger partial charge in [-0.15, -0.1) is 0 Å². The van der Waals surface area contributed by atoms with Gasteiger partial charge in [-0.25, -0.2) is 0 Å². The number of rotatable bonds is 2. The minimum absolute atomic E-state index is 0.0313. The fraction of sp³-hybridized carbons (Fsp3) is 0.714. The third-order valence-electron chi connectivity index (χ3n) is 5.52. The minimum Gasteiger partial charge on any atom is -0.394 e. The second-order valence-corrected chi connectivity index (χ2v) is 6.63. The maximum absolute atomic E-state index is 11.2. The quantitative estimate of drug-likeness (QED) is 0.849. The molecule has 0 aliphatic heterocycles. The average molecular weight is 261 g/mol. The van der Waals surface area contributed by atoms with Gasteiger partial charge in [0.1, 0.15) is 11.4 Å². The Balaban J connectivity index is 1.71. The maximum Gasteiger partial charge on any atom is 0.289 e. The number of hydrogen-bond acceptors (Lipinski definition) is 4. The summed E-state index contributed by atoms with van der Waals surface area (Å²) < 4.78 is 5.06. The van der Waals surface area contributed by atoms with Crippen LogP contribution in [0.25, 0.3) is 0 Å². The molecule has 4 aliphatic rings. The molecule has 0 atom stereocenters. The number of primary amides is 1. The first-order valence-electron chi connectivity index (χ1n) is 7.18. The zero-order valence-corrected chi connectivity index (χ0v) is 10.8. The molecule has 0 radical (unpaired) electrons. The number of carbonyl (C=O) groups is 1. The molecule has 102 valence electrons. The van der Waals surface area contributed by atoms with Gasteiger partial charge in [0.15, 0.2) is 0 Å². The lowest BCUT2D eigenvalue weighted by Gasteiger charge is -2.53. The van der Waals surface area contributed by atoms with Crippen LogP contribution < -0.4 is 11.5 Å². The van der Waals surface area contributed by atoms with Crippen molar-refractivity contribution < 1.29 is 9.32 Å². The van der Waals surface area contributed by atoms with E-state index in [1.807, 2.05) is 0 Å². The molecule has 0 unspecified atom stereocenters. The summed E-state index contributed by atoms with van der Waals surface area (Å²) in [6.07, 6.45) is 6.57. The van der Waals surface area contributed by atoms with Crippen LogP contribution in [0.3, 0.4) is 0 Å². The number of anilines is 1. The molecule has 0 saturated heterocycles. The highest BCUT2D eigenvalue weighted by Gasteiger charge is 2.50. The molecule has 1 aromatic heterocycles.